The number of nitrogens with one attached hydrogen (secondary N) is 1. The van der Waals surface area contributed by atoms with Gasteiger partial charge in [0.25, 0.3) is 7.82 Å². The summed E-state index contributed by atoms with van der Waals surface area (Å²) in [6.45, 7) is 4.39. The van der Waals surface area contributed by atoms with E-state index < -0.39 is 20.0 Å². The lowest BCUT2D eigenvalue weighted by Crippen LogP contribution is -2.45. The molecule has 0 saturated heterocycles. The molecule has 1 amide bonds. The molecule has 0 aromatic carbocycles. The highest BCUT2D eigenvalue weighted by Gasteiger charge is 2.23. The third kappa shape index (κ3) is 31.8. The number of nitrogens with zero attached hydrogens (tertiary/aromatic N) is 1. The number of hydrogen-bond acceptors (Lipinski definition) is 6. The van der Waals surface area contributed by atoms with Gasteiger partial charge in [-0.1, -0.05) is 154 Å². The number of carbonyl (C=O) groups is 1. The van der Waals surface area contributed by atoms with E-state index in [9.17, 15) is 19.4 Å². The maximum atomic E-state index is 12.3. The quantitative estimate of drug-likeness (QED) is 0.0305. The Balaban J connectivity index is 4.02. The van der Waals surface area contributed by atoms with E-state index >= 15 is 0 Å². The summed E-state index contributed by atoms with van der Waals surface area (Å²) in [5.74, 6) is -0.233. The Bertz CT molecular complexity index is 773. The van der Waals surface area contributed by atoms with Gasteiger partial charge in [0.05, 0.1) is 39.9 Å². The molecule has 46 heavy (non-hydrogen) atoms. The molecular formula is C37H75N2O6P. The van der Waals surface area contributed by atoms with E-state index in [-0.39, 0.29) is 19.1 Å². The molecule has 0 saturated carbocycles. The molecule has 0 aromatic heterocycles. The monoisotopic (exact) mass is 675 g/mol. The van der Waals surface area contributed by atoms with Crippen molar-refractivity contribution in [1.29, 1.82) is 0 Å². The zero-order valence-corrected chi connectivity index (χ0v) is 31.7. The lowest BCUT2D eigenvalue weighted by molar-refractivity contribution is -0.870. The maximum Gasteiger partial charge on any atom is 0.268 e. The number of carbonyl (C=O) groups excluding carboxylic acids is 1. The van der Waals surface area contributed by atoms with E-state index in [0.717, 1.165) is 32.1 Å². The first-order valence-electron chi connectivity index (χ1n) is 19.1. The molecule has 0 radical (unpaired) electrons. The summed E-state index contributed by atoms with van der Waals surface area (Å²) in [7, 11) is 1.26. The molecule has 0 aliphatic heterocycles. The standard InChI is InChI=1S/C37H75N2O6P/c1-6-8-10-11-12-13-14-15-16-17-18-19-20-21-22-23-24-25-26-27-28-29-30-36(40)35(38-37(41)31-9-7-2)34-45-46(42,43)44-33-32-39(3,4)5/h29-30,35-36,40H,6-28,31-34H2,1-5H3,(H-,38,41,42,43)/b30-29+. The zero-order chi connectivity index (χ0) is 34.4. The molecule has 9 heteroatoms. The second-order valence-corrected chi connectivity index (χ2v) is 15.7. The second kappa shape index (κ2) is 30.3. The van der Waals surface area contributed by atoms with Gasteiger partial charge in [-0.15, -0.1) is 0 Å². The fraction of sp³-hybridized carbons (Fsp3) is 0.919. The van der Waals surface area contributed by atoms with Gasteiger partial charge >= 0.3 is 0 Å². The molecule has 0 aromatic rings. The summed E-state index contributed by atoms with van der Waals surface area (Å²) in [4.78, 5) is 24.5. The number of phosphoric acid groups is 1. The van der Waals surface area contributed by atoms with Crippen molar-refractivity contribution in [1.82, 2.24) is 5.32 Å². The molecule has 2 N–H and O–H groups in total. The van der Waals surface area contributed by atoms with Crippen LogP contribution in [0.25, 0.3) is 0 Å². The average Bonchev–Trinajstić information content (AvgIpc) is 2.99. The minimum atomic E-state index is -4.55. The molecule has 0 aliphatic carbocycles. The predicted molar refractivity (Wildman–Crippen MR) is 192 cm³/mol. The van der Waals surface area contributed by atoms with Crippen LogP contribution in [0, 0.1) is 0 Å². The second-order valence-electron chi connectivity index (χ2n) is 14.3. The fourth-order valence-corrected chi connectivity index (χ4v) is 6.09. The minimum absolute atomic E-state index is 0.000262. The van der Waals surface area contributed by atoms with Crippen LogP contribution in [0.4, 0.5) is 0 Å². The van der Waals surface area contributed by atoms with Crippen LogP contribution >= 0.6 is 7.82 Å². The van der Waals surface area contributed by atoms with Crippen LogP contribution in [-0.2, 0) is 18.4 Å². The highest BCUT2D eigenvalue weighted by atomic mass is 31.2. The first-order chi connectivity index (χ1) is 22.0. The molecule has 274 valence electrons. The molecule has 0 aliphatic rings. The average molecular weight is 675 g/mol. The Morgan fingerprint density at radius 2 is 1.17 bits per heavy atom. The Hall–Kier alpha value is -0.760. The van der Waals surface area contributed by atoms with Crippen molar-refractivity contribution >= 4 is 13.7 Å². The highest BCUT2D eigenvalue weighted by molar-refractivity contribution is 7.45. The summed E-state index contributed by atoms with van der Waals surface area (Å²) in [5.41, 5.74) is 0. The van der Waals surface area contributed by atoms with E-state index in [1.165, 1.54) is 116 Å². The van der Waals surface area contributed by atoms with Crippen molar-refractivity contribution in [3.8, 4) is 0 Å². The van der Waals surface area contributed by atoms with Gasteiger partial charge in [-0.25, -0.2) is 0 Å². The summed E-state index contributed by atoms with van der Waals surface area (Å²) in [5, 5.41) is 13.4. The maximum absolute atomic E-state index is 12.3. The van der Waals surface area contributed by atoms with Gasteiger partial charge < -0.3 is 28.8 Å². The number of aliphatic hydroxyl groups excluding tert-OH is 1. The van der Waals surface area contributed by atoms with E-state index in [2.05, 4.69) is 12.2 Å². The van der Waals surface area contributed by atoms with Crippen molar-refractivity contribution in [2.24, 2.45) is 0 Å². The van der Waals surface area contributed by atoms with Crippen LogP contribution in [0.2, 0.25) is 0 Å². The van der Waals surface area contributed by atoms with Crippen LogP contribution in [-0.4, -0.2) is 68.5 Å². The van der Waals surface area contributed by atoms with Crippen molar-refractivity contribution in [2.45, 2.75) is 180 Å². The smallest absolute Gasteiger partial charge is 0.268 e. The number of allylic oxidation sites excluding steroid dienone is 1. The Kier molecular flexibility index (Phi) is 29.8. The molecule has 3 atom stereocenters. The zero-order valence-electron chi connectivity index (χ0n) is 30.8. The van der Waals surface area contributed by atoms with Crippen molar-refractivity contribution in [3.05, 3.63) is 12.2 Å². The first kappa shape index (κ1) is 45.2. The number of phosphoric ester groups is 1. The van der Waals surface area contributed by atoms with Gasteiger partial charge in [-0.05, 0) is 19.3 Å². The summed E-state index contributed by atoms with van der Waals surface area (Å²) in [6, 6.07) is -0.875. The summed E-state index contributed by atoms with van der Waals surface area (Å²) >= 11 is 0. The van der Waals surface area contributed by atoms with E-state index in [4.69, 9.17) is 9.05 Å². The largest absolute Gasteiger partial charge is 0.756 e. The number of quaternary nitrogens is 1. The van der Waals surface area contributed by atoms with E-state index in [1.54, 1.807) is 6.08 Å². The molecule has 0 spiro atoms. The molecule has 0 rings (SSSR count). The number of rotatable bonds is 34. The van der Waals surface area contributed by atoms with Crippen LogP contribution in [0.15, 0.2) is 12.2 Å². The normalized spacial score (nSPS) is 14.8. The fourth-order valence-electron chi connectivity index (χ4n) is 5.36. The molecule has 0 fully saturated rings. The van der Waals surface area contributed by atoms with Gasteiger partial charge in [0.2, 0.25) is 5.91 Å². The first-order valence-corrected chi connectivity index (χ1v) is 20.5. The molecular weight excluding hydrogens is 599 g/mol. The Morgan fingerprint density at radius 3 is 1.61 bits per heavy atom. The summed E-state index contributed by atoms with van der Waals surface area (Å²) in [6.07, 6.45) is 32.3. The van der Waals surface area contributed by atoms with Crippen LogP contribution < -0.4 is 10.2 Å². The molecule has 8 nitrogen and oxygen atoms in total. The summed E-state index contributed by atoms with van der Waals surface area (Å²) < 4.78 is 22.8. The van der Waals surface area contributed by atoms with Gasteiger partial charge in [0.15, 0.2) is 0 Å². The van der Waals surface area contributed by atoms with Crippen molar-refractivity contribution in [2.75, 3.05) is 40.9 Å². The number of amides is 1. The van der Waals surface area contributed by atoms with E-state index in [0.29, 0.717) is 17.4 Å². The molecule has 0 heterocycles. The van der Waals surface area contributed by atoms with Gasteiger partial charge in [-0.3, -0.25) is 9.36 Å². The molecule has 3 unspecified atom stereocenters. The Labute approximate surface area is 284 Å². The predicted octanol–water partition coefficient (Wildman–Crippen LogP) is 9.00. The number of aliphatic hydroxyl groups is 1. The lowest BCUT2D eigenvalue weighted by atomic mass is 10.0. The minimum Gasteiger partial charge on any atom is -0.756 e. The van der Waals surface area contributed by atoms with Crippen LogP contribution in [0.3, 0.4) is 0 Å². The lowest BCUT2D eigenvalue weighted by Gasteiger charge is -2.29. The third-order valence-corrected chi connectivity index (χ3v) is 9.46. The van der Waals surface area contributed by atoms with Gasteiger partial charge in [0, 0.05) is 6.42 Å². The third-order valence-electron chi connectivity index (χ3n) is 8.50. The van der Waals surface area contributed by atoms with Crippen LogP contribution in [0.1, 0.15) is 168 Å². The van der Waals surface area contributed by atoms with Gasteiger partial charge in [-0.2, -0.15) is 0 Å². The SMILES string of the molecule is CCCCCCCCCCCCCCCCCCCCCC/C=C/C(O)C(COP(=O)([O-])OCC[N+](C)(C)C)NC(=O)CCCC. The van der Waals surface area contributed by atoms with E-state index in [1.807, 2.05) is 34.1 Å². The van der Waals surface area contributed by atoms with Gasteiger partial charge in [0.1, 0.15) is 13.2 Å². The van der Waals surface area contributed by atoms with Crippen molar-refractivity contribution < 1.29 is 32.9 Å². The highest BCUT2D eigenvalue weighted by Crippen LogP contribution is 2.38. The number of hydrogen-bond donors (Lipinski definition) is 2. The topological polar surface area (TPSA) is 108 Å². The number of likely N-dealkylation sites (N-methyl/N-ethyl adjacent to an activating group) is 1. The molecule has 0 bridgehead atoms. The number of unbranched alkanes of at least 4 members (excludes halogenated alkanes) is 21. The van der Waals surface area contributed by atoms with Crippen LogP contribution in [0.5, 0.6) is 0 Å². The van der Waals surface area contributed by atoms with Crippen molar-refractivity contribution in [3.63, 3.8) is 0 Å². The Morgan fingerprint density at radius 1 is 0.739 bits per heavy atom.